The second-order valence-corrected chi connectivity index (χ2v) is 7.24. The number of ether oxygens (including phenoxy) is 2. The number of hydrogen-bond donors (Lipinski definition) is 2. The van der Waals surface area contributed by atoms with Crippen molar-refractivity contribution >= 4 is 29.2 Å². The first-order valence-electron chi connectivity index (χ1n) is 10.2. The first kappa shape index (κ1) is 20.3. The second-order valence-electron chi connectivity index (χ2n) is 7.24. The van der Waals surface area contributed by atoms with E-state index in [1.807, 2.05) is 66.2 Å². The fraction of sp³-hybridized carbons (Fsp3) is 0.0833. The van der Waals surface area contributed by atoms with Gasteiger partial charge in [-0.15, -0.1) is 0 Å². The highest BCUT2D eigenvalue weighted by Crippen LogP contribution is 2.32. The zero-order valence-electron chi connectivity index (χ0n) is 17.7. The largest absolute Gasteiger partial charge is 0.454 e. The summed E-state index contributed by atoms with van der Waals surface area (Å²) in [5.74, 6) is 3.37. The topological polar surface area (TPSA) is 103 Å². The SMILES string of the molecule is Cc1nccn1-c1cc(Nc2ccc(NC(=O)/C=C/c3ccc4c(c3)OCO4)cc2)ncn1. The zero-order chi connectivity index (χ0) is 22.6. The van der Waals surface area contributed by atoms with E-state index in [1.165, 1.54) is 12.4 Å². The molecule has 0 fully saturated rings. The van der Waals surface area contributed by atoms with Crippen molar-refractivity contribution in [2.45, 2.75) is 6.92 Å². The van der Waals surface area contributed by atoms with Crippen LogP contribution in [-0.4, -0.2) is 32.2 Å². The normalized spacial score (nSPS) is 12.2. The monoisotopic (exact) mass is 440 g/mol. The average Bonchev–Trinajstić information content (AvgIpc) is 3.47. The number of amides is 1. The number of anilines is 3. The number of nitrogens with zero attached hydrogens (tertiary/aromatic N) is 4. The summed E-state index contributed by atoms with van der Waals surface area (Å²) < 4.78 is 12.5. The van der Waals surface area contributed by atoms with E-state index in [1.54, 1.807) is 12.3 Å². The molecule has 0 aliphatic carbocycles. The van der Waals surface area contributed by atoms with Crippen molar-refractivity contribution in [3.63, 3.8) is 0 Å². The molecule has 1 aliphatic rings. The predicted octanol–water partition coefficient (Wildman–Crippen LogP) is 4.09. The van der Waals surface area contributed by atoms with E-state index in [2.05, 4.69) is 25.6 Å². The van der Waals surface area contributed by atoms with E-state index >= 15 is 0 Å². The molecule has 4 aromatic rings. The summed E-state index contributed by atoms with van der Waals surface area (Å²) in [6.45, 7) is 2.13. The lowest BCUT2D eigenvalue weighted by Crippen LogP contribution is -2.07. The molecule has 5 rings (SSSR count). The molecule has 0 atom stereocenters. The minimum atomic E-state index is -0.232. The van der Waals surface area contributed by atoms with Crippen LogP contribution in [0, 0.1) is 6.92 Å². The fourth-order valence-corrected chi connectivity index (χ4v) is 3.32. The number of imidazole rings is 1. The van der Waals surface area contributed by atoms with E-state index in [9.17, 15) is 4.79 Å². The molecule has 0 bridgehead atoms. The molecule has 1 aliphatic heterocycles. The van der Waals surface area contributed by atoms with Crippen LogP contribution in [0.5, 0.6) is 11.5 Å². The molecule has 164 valence electrons. The molecule has 0 saturated carbocycles. The molecule has 2 aromatic carbocycles. The first-order valence-corrected chi connectivity index (χ1v) is 10.2. The smallest absolute Gasteiger partial charge is 0.248 e. The van der Waals surface area contributed by atoms with Crippen LogP contribution in [0.4, 0.5) is 17.2 Å². The highest BCUT2D eigenvalue weighted by molar-refractivity contribution is 6.02. The van der Waals surface area contributed by atoms with Crippen molar-refractivity contribution in [3.8, 4) is 17.3 Å². The number of aryl methyl sites for hydroxylation is 1. The van der Waals surface area contributed by atoms with Crippen LogP contribution in [0.1, 0.15) is 11.4 Å². The number of benzene rings is 2. The van der Waals surface area contributed by atoms with Gasteiger partial charge in [0.2, 0.25) is 12.7 Å². The van der Waals surface area contributed by atoms with Gasteiger partial charge in [0.15, 0.2) is 11.5 Å². The van der Waals surface area contributed by atoms with Crippen molar-refractivity contribution in [1.29, 1.82) is 0 Å². The Kier molecular flexibility index (Phi) is 5.42. The highest BCUT2D eigenvalue weighted by atomic mass is 16.7. The van der Waals surface area contributed by atoms with Crippen molar-refractivity contribution in [3.05, 3.63) is 84.7 Å². The molecule has 0 saturated heterocycles. The number of fused-ring (bicyclic) bond motifs is 1. The van der Waals surface area contributed by atoms with E-state index in [-0.39, 0.29) is 12.7 Å². The number of hydrogen-bond acceptors (Lipinski definition) is 7. The van der Waals surface area contributed by atoms with Crippen molar-refractivity contribution in [2.24, 2.45) is 0 Å². The number of nitrogens with one attached hydrogen (secondary N) is 2. The van der Waals surface area contributed by atoms with Gasteiger partial charge >= 0.3 is 0 Å². The van der Waals surface area contributed by atoms with Gasteiger partial charge in [0.25, 0.3) is 0 Å². The van der Waals surface area contributed by atoms with Gasteiger partial charge in [-0.25, -0.2) is 15.0 Å². The maximum Gasteiger partial charge on any atom is 0.248 e. The van der Waals surface area contributed by atoms with Gasteiger partial charge in [-0.3, -0.25) is 9.36 Å². The Balaban J connectivity index is 1.20. The van der Waals surface area contributed by atoms with Crippen LogP contribution in [0.2, 0.25) is 0 Å². The van der Waals surface area contributed by atoms with E-state index in [4.69, 9.17) is 9.47 Å². The van der Waals surface area contributed by atoms with Crippen molar-refractivity contribution in [1.82, 2.24) is 19.5 Å². The van der Waals surface area contributed by atoms with Crippen LogP contribution < -0.4 is 20.1 Å². The molecule has 0 spiro atoms. The minimum Gasteiger partial charge on any atom is -0.454 e. The van der Waals surface area contributed by atoms with E-state index < -0.39 is 0 Å². The van der Waals surface area contributed by atoms with Gasteiger partial charge in [-0.1, -0.05) is 6.07 Å². The number of carbonyl (C=O) groups is 1. The molecular weight excluding hydrogens is 420 g/mol. The minimum absolute atomic E-state index is 0.219. The quantitative estimate of drug-likeness (QED) is 0.435. The average molecular weight is 440 g/mol. The van der Waals surface area contributed by atoms with E-state index in [0.29, 0.717) is 23.0 Å². The maximum atomic E-state index is 12.3. The Morgan fingerprint density at radius 3 is 2.64 bits per heavy atom. The Hall–Kier alpha value is -4.66. The lowest BCUT2D eigenvalue weighted by molar-refractivity contribution is -0.111. The molecule has 0 unspecified atom stereocenters. The molecule has 9 nitrogen and oxygen atoms in total. The summed E-state index contributed by atoms with van der Waals surface area (Å²) in [7, 11) is 0. The molecule has 2 N–H and O–H groups in total. The van der Waals surface area contributed by atoms with Crippen LogP contribution in [0.25, 0.3) is 11.9 Å². The summed E-state index contributed by atoms with van der Waals surface area (Å²) in [4.78, 5) is 25.1. The summed E-state index contributed by atoms with van der Waals surface area (Å²) in [5, 5.41) is 6.08. The summed E-state index contributed by atoms with van der Waals surface area (Å²) in [6, 6.07) is 14.7. The van der Waals surface area contributed by atoms with Crippen molar-refractivity contribution in [2.75, 3.05) is 17.4 Å². The number of rotatable bonds is 6. The molecule has 9 heteroatoms. The van der Waals surface area contributed by atoms with Crippen LogP contribution in [-0.2, 0) is 4.79 Å². The van der Waals surface area contributed by atoms with Crippen LogP contribution >= 0.6 is 0 Å². The van der Waals surface area contributed by atoms with Crippen LogP contribution in [0.3, 0.4) is 0 Å². The van der Waals surface area contributed by atoms with E-state index in [0.717, 1.165) is 22.9 Å². The predicted molar refractivity (Wildman–Crippen MR) is 124 cm³/mol. The Morgan fingerprint density at radius 2 is 1.82 bits per heavy atom. The summed E-state index contributed by atoms with van der Waals surface area (Å²) in [6.07, 6.45) is 8.27. The fourth-order valence-electron chi connectivity index (χ4n) is 3.32. The van der Waals surface area contributed by atoms with Gasteiger partial charge in [0.05, 0.1) is 0 Å². The van der Waals surface area contributed by atoms with Gasteiger partial charge in [-0.05, 0) is 55.0 Å². The summed E-state index contributed by atoms with van der Waals surface area (Å²) in [5.41, 5.74) is 2.36. The Labute approximate surface area is 189 Å². The highest BCUT2D eigenvalue weighted by Gasteiger charge is 2.12. The first-order chi connectivity index (χ1) is 16.1. The molecular formula is C24H20N6O3. The van der Waals surface area contributed by atoms with Gasteiger partial charge in [-0.2, -0.15) is 0 Å². The third kappa shape index (κ3) is 4.67. The zero-order valence-corrected chi connectivity index (χ0v) is 17.7. The van der Waals surface area contributed by atoms with Gasteiger partial charge in [0.1, 0.15) is 23.8 Å². The standard InChI is InChI=1S/C24H20N6O3/c1-16-25-10-11-30(16)23-13-22(26-14-27-23)28-18-4-6-19(7-5-18)29-24(31)9-3-17-2-8-20-21(12-17)33-15-32-20/h2-14H,15H2,1H3,(H,29,31)(H,26,27,28)/b9-3+. The van der Waals surface area contributed by atoms with Crippen molar-refractivity contribution < 1.29 is 14.3 Å². The third-order valence-corrected chi connectivity index (χ3v) is 4.97. The molecule has 1 amide bonds. The Bertz CT molecular complexity index is 1330. The second kappa shape index (κ2) is 8.83. The summed E-state index contributed by atoms with van der Waals surface area (Å²) >= 11 is 0. The maximum absolute atomic E-state index is 12.3. The Morgan fingerprint density at radius 1 is 1.00 bits per heavy atom. The third-order valence-electron chi connectivity index (χ3n) is 4.97. The number of carbonyl (C=O) groups excluding carboxylic acids is 1. The van der Waals surface area contributed by atoms with Crippen LogP contribution in [0.15, 0.2) is 73.3 Å². The molecule has 3 heterocycles. The molecule has 33 heavy (non-hydrogen) atoms. The lowest BCUT2D eigenvalue weighted by Gasteiger charge is -2.09. The molecule has 0 radical (unpaired) electrons. The number of aromatic nitrogens is 4. The van der Waals surface area contributed by atoms with Gasteiger partial charge < -0.3 is 20.1 Å². The lowest BCUT2D eigenvalue weighted by atomic mass is 10.2. The van der Waals surface area contributed by atoms with Gasteiger partial charge in [0, 0.05) is 35.9 Å². The molecule has 2 aromatic heterocycles.